The third-order valence-corrected chi connectivity index (χ3v) is 3.47. The summed E-state index contributed by atoms with van der Waals surface area (Å²) in [6.07, 6.45) is 0. The number of carbonyl (C=O) groups excluding carboxylic acids is 1. The monoisotopic (exact) mass is 308 g/mol. The lowest BCUT2D eigenvalue weighted by Gasteiger charge is -2.08. The van der Waals surface area contributed by atoms with Gasteiger partial charge in [-0.3, -0.25) is 4.79 Å². The molecule has 1 amide bonds. The minimum atomic E-state index is -0.195. The van der Waals surface area contributed by atoms with E-state index in [9.17, 15) is 4.79 Å². The minimum Gasteiger partial charge on any atom is -0.495 e. The molecule has 0 unspecified atom stereocenters. The van der Waals surface area contributed by atoms with Crippen LogP contribution in [0.5, 0.6) is 5.75 Å². The van der Waals surface area contributed by atoms with E-state index < -0.39 is 0 Å². The molecule has 0 atom stereocenters. The maximum absolute atomic E-state index is 12.1. The van der Waals surface area contributed by atoms with E-state index in [0.717, 1.165) is 0 Å². The molecule has 1 aromatic carbocycles. The standard InChI is InChI=1S/C14H17ClN4O2/c1-8-12(14(20)18(2)3)17-19(13(8)16)9-5-6-10(15)11(7-9)21-4/h5-7H,16H2,1-4H3. The summed E-state index contributed by atoms with van der Waals surface area (Å²) >= 11 is 6.01. The number of halogens is 1. The second kappa shape index (κ2) is 5.65. The SMILES string of the molecule is COc1cc(-n2nc(C(=O)N(C)C)c(C)c2N)ccc1Cl. The third kappa shape index (κ3) is 2.67. The third-order valence-electron chi connectivity index (χ3n) is 3.16. The number of hydrogen-bond acceptors (Lipinski definition) is 4. The van der Waals surface area contributed by atoms with Gasteiger partial charge in [-0.25, -0.2) is 4.68 Å². The molecule has 112 valence electrons. The van der Waals surface area contributed by atoms with E-state index in [-0.39, 0.29) is 5.91 Å². The molecule has 1 aromatic heterocycles. The highest BCUT2D eigenvalue weighted by atomic mass is 35.5. The average Bonchev–Trinajstić information content (AvgIpc) is 2.75. The van der Waals surface area contributed by atoms with E-state index in [0.29, 0.717) is 33.5 Å². The number of nitrogen functional groups attached to an aromatic ring is 1. The number of methoxy groups -OCH3 is 1. The first kappa shape index (κ1) is 15.2. The first-order valence-corrected chi connectivity index (χ1v) is 6.65. The molecule has 0 fully saturated rings. The molecule has 0 bridgehead atoms. The number of anilines is 1. The highest BCUT2D eigenvalue weighted by molar-refractivity contribution is 6.32. The van der Waals surface area contributed by atoms with Gasteiger partial charge in [0.2, 0.25) is 0 Å². The zero-order valence-electron chi connectivity index (χ0n) is 12.3. The van der Waals surface area contributed by atoms with Crippen LogP contribution in [0.2, 0.25) is 5.02 Å². The smallest absolute Gasteiger partial charge is 0.274 e. The Labute approximate surface area is 128 Å². The molecule has 7 heteroatoms. The second-order valence-corrected chi connectivity index (χ2v) is 5.20. The first-order valence-electron chi connectivity index (χ1n) is 6.27. The van der Waals surface area contributed by atoms with Crippen molar-refractivity contribution in [1.29, 1.82) is 0 Å². The van der Waals surface area contributed by atoms with Crippen LogP contribution in [-0.4, -0.2) is 41.8 Å². The fourth-order valence-corrected chi connectivity index (χ4v) is 2.10. The number of rotatable bonds is 3. The molecule has 0 aliphatic heterocycles. The summed E-state index contributed by atoms with van der Waals surface area (Å²) in [6, 6.07) is 5.17. The molecule has 21 heavy (non-hydrogen) atoms. The normalized spacial score (nSPS) is 10.5. The van der Waals surface area contributed by atoms with Crippen LogP contribution in [0.4, 0.5) is 5.82 Å². The maximum Gasteiger partial charge on any atom is 0.274 e. The molecule has 2 aromatic rings. The van der Waals surface area contributed by atoms with Gasteiger partial charge in [0.15, 0.2) is 5.69 Å². The number of amides is 1. The number of carbonyl (C=O) groups is 1. The summed E-state index contributed by atoms with van der Waals surface area (Å²) in [5.74, 6) is 0.727. The highest BCUT2D eigenvalue weighted by Crippen LogP contribution is 2.29. The number of nitrogens with two attached hydrogens (primary N) is 1. The largest absolute Gasteiger partial charge is 0.495 e. The summed E-state index contributed by atoms with van der Waals surface area (Å²) in [6.45, 7) is 1.77. The summed E-state index contributed by atoms with van der Waals surface area (Å²) in [7, 11) is 4.87. The van der Waals surface area contributed by atoms with Gasteiger partial charge in [-0.05, 0) is 19.1 Å². The molecule has 0 aliphatic carbocycles. The first-order chi connectivity index (χ1) is 9.86. The second-order valence-electron chi connectivity index (χ2n) is 4.79. The Morgan fingerprint density at radius 1 is 1.43 bits per heavy atom. The van der Waals surface area contributed by atoms with Gasteiger partial charge < -0.3 is 15.4 Å². The molecular formula is C14H17ClN4O2. The molecule has 1 heterocycles. The van der Waals surface area contributed by atoms with Gasteiger partial charge >= 0.3 is 0 Å². The van der Waals surface area contributed by atoms with Gasteiger partial charge in [0.25, 0.3) is 5.91 Å². The molecule has 2 N–H and O–H groups in total. The fourth-order valence-electron chi connectivity index (χ4n) is 1.90. The van der Waals surface area contributed by atoms with Crippen LogP contribution in [0, 0.1) is 6.92 Å². The van der Waals surface area contributed by atoms with Crippen molar-refractivity contribution in [2.24, 2.45) is 0 Å². The van der Waals surface area contributed by atoms with Crippen LogP contribution in [0.1, 0.15) is 16.1 Å². The van der Waals surface area contributed by atoms with Crippen LogP contribution < -0.4 is 10.5 Å². The summed E-state index contributed by atoms with van der Waals surface area (Å²) < 4.78 is 6.69. The zero-order valence-corrected chi connectivity index (χ0v) is 13.1. The fraction of sp³-hybridized carbons (Fsp3) is 0.286. The van der Waals surface area contributed by atoms with Crippen LogP contribution >= 0.6 is 11.6 Å². The molecule has 2 rings (SSSR count). The van der Waals surface area contributed by atoms with Crippen molar-refractivity contribution < 1.29 is 9.53 Å². The maximum atomic E-state index is 12.1. The van der Waals surface area contributed by atoms with Crippen molar-refractivity contribution in [2.45, 2.75) is 6.92 Å². The van der Waals surface area contributed by atoms with Crippen LogP contribution in [-0.2, 0) is 0 Å². The van der Waals surface area contributed by atoms with Crippen molar-refractivity contribution in [3.05, 3.63) is 34.5 Å². The van der Waals surface area contributed by atoms with Gasteiger partial charge in [-0.2, -0.15) is 5.10 Å². The average molecular weight is 309 g/mol. The Hall–Kier alpha value is -2.21. The Bertz CT molecular complexity index is 695. The lowest BCUT2D eigenvalue weighted by Crippen LogP contribution is -2.23. The van der Waals surface area contributed by atoms with Crippen molar-refractivity contribution in [3.63, 3.8) is 0 Å². The Balaban J connectivity index is 2.55. The van der Waals surface area contributed by atoms with Crippen molar-refractivity contribution >= 4 is 23.3 Å². The summed E-state index contributed by atoms with van der Waals surface area (Å²) in [4.78, 5) is 13.5. The molecule has 0 radical (unpaired) electrons. The molecule has 0 saturated heterocycles. The lowest BCUT2D eigenvalue weighted by molar-refractivity contribution is 0.0821. The topological polar surface area (TPSA) is 73.4 Å². The number of benzene rings is 1. The van der Waals surface area contributed by atoms with Crippen LogP contribution in [0.3, 0.4) is 0 Å². The van der Waals surface area contributed by atoms with Gasteiger partial charge in [0.1, 0.15) is 11.6 Å². The van der Waals surface area contributed by atoms with Gasteiger partial charge in [0.05, 0.1) is 17.8 Å². The lowest BCUT2D eigenvalue weighted by atomic mass is 10.2. The van der Waals surface area contributed by atoms with E-state index in [4.69, 9.17) is 22.1 Å². The Morgan fingerprint density at radius 2 is 2.10 bits per heavy atom. The van der Waals surface area contributed by atoms with E-state index in [1.165, 1.54) is 16.7 Å². The number of hydrogen-bond donors (Lipinski definition) is 1. The molecule has 0 saturated carbocycles. The quantitative estimate of drug-likeness (QED) is 0.942. The zero-order chi connectivity index (χ0) is 15.7. The summed E-state index contributed by atoms with van der Waals surface area (Å²) in [5.41, 5.74) is 7.70. The van der Waals surface area contributed by atoms with Gasteiger partial charge in [-0.1, -0.05) is 11.6 Å². The van der Waals surface area contributed by atoms with E-state index in [1.807, 2.05) is 0 Å². The Kier molecular flexibility index (Phi) is 4.09. The van der Waals surface area contributed by atoms with Crippen LogP contribution in [0.25, 0.3) is 5.69 Å². The molecular weight excluding hydrogens is 292 g/mol. The highest BCUT2D eigenvalue weighted by Gasteiger charge is 2.20. The van der Waals surface area contributed by atoms with E-state index in [2.05, 4.69) is 5.10 Å². The number of ether oxygens (including phenoxy) is 1. The minimum absolute atomic E-state index is 0.195. The Morgan fingerprint density at radius 3 is 2.67 bits per heavy atom. The predicted molar refractivity (Wildman–Crippen MR) is 82.3 cm³/mol. The van der Waals surface area contributed by atoms with Crippen molar-refractivity contribution in [1.82, 2.24) is 14.7 Å². The van der Waals surface area contributed by atoms with Gasteiger partial charge in [-0.15, -0.1) is 0 Å². The molecule has 0 spiro atoms. The summed E-state index contributed by atoms with van der Waals surface area (Å²) in [5, 5.41) is 4.80. The van der Waals surface area contributed by atoms with E-state index in [1.54, 1.807) is 39.2 Å². The number of nitrogens with zero attached hydrogens (tertiary/aromatic N) is 3. The molecule has 6 nitrogen and oxygen atoms in total. The molecule has 0 aliphatic rings. The van der Waals surface area contributed by atoms with Crippen LogP contribution in [0.15, 0.2) is 18.2 Å². The predicted octanol–water partition coefficient (Wildman–Crippen LogP) is 2.13. The number of aromatic nitrogens is 2. The van der Waals surface area contributed by atoms with E-state index >= 15 is 0 Å². The van der Waals surface area contributed by atoms with Crippen molar-refractivity contribution in [3.8, 4) is 11.4 Å². The van der Waals surface area contributed by atoms with Crippen molar-refractivity contribution in [2.75, 3.05) is 26.9 Å². The van der Waals surface area contributed by atoms with Gasteiger partial charge in [0, 0.05) is 25.7 Å².